The summed E-state index contributed by atoms with van der Waals surface area (Å²) in [4.78, 5) is 10.4. The van der Waals surface area contributed by atoms with E-state index in [0.29, 0.717) is 6.61 Å². The van der Waals surface area contributed by atoms with E-state index < -0.39 is 5.97 Å². The Kier molecular flexibility index (Phi) is 2.93. The molecule has 0 aromatic rings. The van der Waals surface area contributed by atoms with Crippen LogP contribution in [0.2, 0.25) is 0 Å². The van der Waals surface area contributed by atoms with Gasteiger partial charge in [0.05, 0.1) is 19.1 Å². The lowest BCUT2D eigenvalue weighted by Crippen LogP contribution is -2.28. The van der Waals surface area contributed by atoms with E-state index in [-0.39, 0.29) is 24.2 Å². The van der Waals surface area contributed by atoms with Gasteiger partial charge >= 0.3 is 5.97 Å². The van der Waals surface area contributed by atoms with Gasteiger partial charge in [0.1, 0.15) is 0 Å². The third kappa shape index (κ3) is 2.97. The molecule has 2 atom stereocenters. The van der Waals surface area contributed by atoms with Gasteiger partial charge in [0, 0.05) is 5.41 Å². The largest absolute Gasteiger partial charge is 0.481 e. The zero-order chi connectivity index (χ0) is 10.1. The molecule has 0 amide bonds. The van der Waals surface area contributed by atoms with Crippen molar-refractivity contribution in [2.45, 2.75) is 39.6 Å². The van der Waals surface area contributed by atoms with Crippen LogP contribution < -0.4 is 0 Å². The maximum absolute atomic E-state index is 10.4. The van der Waals surface area contributed by atoms with Crippen LogP contribution in [0, 0.1) is 5.41 Å². The minimum Gasteiger partial charge on any atom is -0.481 e. The molecular formula is C9H16O4. The molecule has 1 fully saturated rings. The van der Waals surface area contributed by atoms with Crippen LogP contribution in [-0.4, -0.2) is 30.1 Å². The molecule has 2 unspecified atom stereocenters. The molecule has 1 N–H and O–H groups in total. The van der Waals surface area contributed by atoms with Crippen molar-refractivity contribution in [3.05, 3.63) is 0 Å². The van der Waals surface area contributed by atoms with Gasteiger partial charge < -0.3 is 14.6 Å². The van der Waals surface area contributed by atoms with E-state index in [1.54, 1.807) is 0 Å². The average Bonchev–Trinajstić information content (AvgIpc) is 2.32. The molecule has 0 aromatic carbocycles. The van der Waals surface area contributed by atoms with Gasteiger partial charge in [-0.15, -0.1) is 0 Å². The molecule has 1 rings (SSSR count). The molecule has 0 aromatic heterocycles. The van der Waals surface area contributed by atoms with Gasteiger partial charge in [0.2, 0.25) is 0 Å². The van der Waals surface area contributed by atoms with Crippen molar-refractivity contribution >= 4 is 5.97 Å². The number of hydrogen-bond donors (Lipinski definition) is 1. The van der Waals surface area contributed by atoms with E-state index in [0.717, 1.165) is 0 Å². The highest BCUT2D eigenvalue weighted by molar-refractivity contribution is 5.67. The molecule has 0 saturated carbocycles. The van der Waals surface area contributed by atoms with Gasteiger partial charge in [-0.25, -0.2) is 0 Å². The summed E-state index contributed by atoms with van der Waals surface area (Å²) in [6.07, 6.45) is -0.550. The highest BCUT2D eigenvalue weighted by atomic mass is 16.7. The van der Waals surface area contributed by atoms with Gasteiger partial charge in [0.15, 0.2) is 6.29 Å². The molecule has 4 heteroatoms. The first-order valence-corrected chi connectivity index (χ1v) is 4.38. The Morgan fingerprint density at radius 1 is 1.54 bits per heavy atom. The van der Waals surface area contributed by atoms with Gasteiger partial charge in [-0.2, -0.15) is 0 Å². The summed E-state index contributed by atoms with van der Waals surface area (Å²) >= 11 is 0. The fourth-order valence-electron chi connectivity index (χ4n) is 1.20. The van der Waals surface area contributed by atoms with Gasteiger partial charge in [-0.05, 0) is 0 Å². The highest BCUT2D eigenvalue weighted by Crippen LogP contribution is 2.29. The van der Waals surface area contributed by atoms with E-state index in [1.807, 2.05) is 20.8 Å². The average molecular weight is 188 g/mol. The number of hydrogen-bond acceptors (Lipinski definition) is 3. The Bertz CT molecular complexity index is 194. The summed E-state index contributed by atoms with van der Waals surface area (Å²) in [6, 6.07) is 0. The highest BCUT2D eigenvalue weighted by Gasteiger charge is 2.35. The molecule has 4 nitrogen and oxygen atoms in total. The monoisotopic (exact) mass is 188 g/mol. The molecule has 0 bridgehead atoms. The fraction of sp³-hybridized carbons (Fsp3) is 0.889. The predicted octanol–water partition coefficient (Wildman–Crippen LogP) is 1.25. The molecule has 1 saturated heterocycles. The van der Waals surface area contributed by atoms with Crippen molar-refractivity contribution < 1.29 is 19.4 Å². The Labute approximate surface area is 77.8 Å². The Hall–Kier alpha value is -0.610. The molecule has 1 aliphatic rings. The van der Waals surface area contributed by atoms with Crippen LogP contribution in [0.25, 0.3) is 0 Å². The van der Waals surface area contributed by atoms with Gasteiger partial charge in [0.25, 0.3) is 0 Å². The minimum atomic E-state index is -0.844. The van der Waals surface area contributed by atoms with Crippen molar-refractivity contribution in [3.8, 4) is 0 Å². The summed E-state index contributed by atoms with van der Waals surface area (Å²) in [5.74, 6) is -0.844. The summed E-state index contributed by atoms with van der Waals surface area (Å²) in [6.45, 7) is 6.39. The van der Waals surface area contributed by atoms with Gasteiger partial charge in [-0.1, -0.05) is 20.8 Å². The predicted molar refractivity (Wildman–Crippen MR) is 46.3 cm³/mol. The van der Waals surface area contributed by atoms with Crippen molar-refractivity contribution in [1.29, 1.82) is 0 Å². The smallest absolute Gasteiger partial charge is 0.306 e. The molecule has 76 valence electrons. The first-order chi connectivity index (χ1) is 5.89. The van der Waals surface area contributed by atoms with E-state index in [4.69, 9.17) is 14.6 Å². The van der Waals surface area contributed by atoms with Crippen LogP contribution in [-0.2, 0) is 14.3 Å². The Morgan fingerprint density at radius 2 is 2.15 bits per heavy atom. The van der Waals surface area contributed by atoms with Crippen molar-refractivity contribution in [2.24, 2.45) is 5.41 Å². The van der Waals surface area contributed by atoms with Crippen LogP contribution in [0.3, 0.4) is 0 Å². The number of carboxylic acids is 1. The molecular weight excluding hydrogens is 172 g/mol. The van der Waals surface area contributed by atoms with E-state index in [2.05, 4.69) is 0 Å². The molecule has 0 spiro atoms. The Morgan fingerprint density at radius 3 is 2.54 bits per heavy atom. The van der Waals surface area contributed by atoms with E-state index in [1.165, 1.54) is 0 Å². The normalized spacial score (nSPS) is 29.2. The van der Waals surface area contributed by atoms with Gasteiger partial charge in [-0.3, -0.25) is 4.79 Å². The second-order valence-corrected chi connectivity index (χ2v) is 4.39. The molecule has 1 heterocycles. The number of carboxylic acid groups (broad SMARTS) is 1. The number of rotatable bonds is 2. The summed E-state index contributed by atoms with van der Waals surface area (Å²) in [5.41, 5.74) is -0.0900. The van der Waals surface area contributed by atoms with Crippen LogP contribution >= 0.6 is 0 Å². The maximum atomic E-state index is 10.4. The van der Waals surface area contributed by atoms with E-state index in [9.17, 15) is 4.79 Å². The number of aliphatic carboxylic acids is 1. The van der Waals surface area contributed by atoms with Crippen LogP contribution in [0.4, 0.5) is 0 Å². The van der Waals surface area contributed by atoms with E-state index >= 15 is 0 Å². The van der Waals surface area contributed by atoms with Crippen molar-refractivity contribution in [2.75, 3.05) is 6.61 Å². The summed E-state index contributed by atoms with van der Waals surface area (Å²) in [5, 5.41) is 8.53. The van der Waals surface area contributed by atoms with Crippen LogP contribution in [0.15, 0.2) is 0 Å². The first-order valence-electron chi connectivity index (χ1n) is 4.38. The number of ether oxygens (including phenoxy) is 2. The third-order valence-corrected chi connectivity index (χ3v) is 1.86. The maximum Gasteiger partial charge on any atom is 0.306 e. The SMILES string of the molecule is CC(C)(C)C1OCC(CC(=O)O)O1. The topological polar surface area (TPSA) is 55.8 Å². The van der Waals surface area contributed by atoms with Crippen LogP contribution in [0.5, 0.6) is 0 Å². The molecule has 13 heavy (non-hydrogen) atoms. The van der Waals surface area contributed by atoms with Crippen LogP contribution in [0.1, 0.15) is 27.2 Å². The van der Waals surface area contributed by atoms with Crippen molar-refractivity contribution in [1.82, 2.24) is 0 Å². The quantitative estimate of drug-likeness (QED) is 0.708. The molecule has 0 radical (unpaired) electrons. The first kappa shape index (κ1) is 10.5. The third-order valence-electron chi connectivity index (χ3n) is 1.86. The standard InChI is InChI=1S/C9H16O4/c1-9(2,3)8-12-5-6(13-8)4-7(10)11/h6,8H,4-5H2,1-3H3,(H,10,11). The second kappa shape index (κ2) is 3.64. The molecule has 1 aliphatic heterocycles. The summed E-state index contributed by atoms with van der Waals surface area (Å²) < 4.78 is 10.8. The number of carbonyl (C=O) groups is 1. The Balaban J connectivity index is 2.41. The minimum absolute atomic E-state index is 0.0204. The zero-order valence-corrected chi connectivity index (χ0v) is 8.24. The van der Waals surface area contributed by atoms with Crippen molar-refractivity contribution in [3.63, 3.8) is 0 Å². The lowest BCUT2D eigenvalue weighted by Gasteiger charge is -2.25. The lowest BCUT2D eigenvalue weighted by molar-refractivity contribution is -0.144. The second-order valence-electron chi connectivity index (χ2n) is 4.39. The lowest BCUT2D eigenvalue weighted by atomic mass is 9.96. The fourth-order valence-corrected chi connectivity index (χ4v) is 1.20. The summed E-state index contributed by atoms with van der Waals surface area (Å²) in [7, 11) is 0. The molecule has 0 aliphatic carbocycles. The zero-order valence-electron chi connectivity index (χ0n) is 8.24.